The lowest BCUT2D eigenvalue weighted by atomic mass is 10.0. The van der Waals surface area contributed by atoms with Gasteiger partial charge in [-0.3, -0.25) is 4.79 Å². The van der Waals surface area contributed by atoms with E-state index in [1.54, 1.807) is 38.3 Å². The van der Waals surface area contributed by atoms with Gasteiger partial charge < -0.3 is 19.5 Å². The first-order valence-corrected chi connectivity index (χ1v) is 8.96. The van der Waals surface area contributed by atoms with Gasteiger partial charge in [-0.2, -0.15) is 0 Å². The molecule has 0 amide bonds. The fraction of sp³-hybridized carbons (Fsp3) is 0.350. The summed E-state index contributed by atoms with van der Waals surface area (Å²) >= 11 is 6.25. The summed E-state index contributed by atoms with van der Waals surface area (Å²) in [5.41, 5.74) is 1.27. The van der Waals surface area contributed by atoms with E-state index in [9.17, 15) is 9.18 Å². The molecule has 0 fully saturated rings. The van der Waals surface area contributed by atoms with Gasteiger partial charge in [0.15, 0.2) is 0 Å². The first kappa shape index (κ1) is 21.0. The van der Waals surface area contributed by atoms with E-state index < -0.39 is 5.82 Å². The number of carbonyl (C=O) groups excluding carboxylic acids is 1. The van der Waals surface area contributed by atoms with Crippen molar-refractivity contribution in [2.75, 3.05) is 20.3 Å². The minimum atomic E-state index is -0.451. The maximum Gasteiger partial charge on any atom is 0.319 e. The van der Waals surface area contributed by atoms with Gasteiger partial charge in [-0.05, 0) is 55.8 Å². The molecule has 0 aliphatic carbocycles. The van der Waals surface area contributed by atoms with Crippen LogP contribution in [0.4, 0.5) is 4.39 Å². The van der Waals surface area contributed by atoms with Crippen LogP contribution in [0, 0.1) is 5.82 Å². The Hall–Kier alpha value is -2.31. The Kier molecular flexibility index (Phi) is 7.88. The Morgan fingerprint density at radius 1 is 1.22 bits per heavy atom. The van der Waals surface area contributed by atoms with Crippen LogP contribution >= 0.6 is 11.6 Å². The average Bonchev–Trinajstić information content (AvgIpc) is 2.65. The number of ether oxygens (including phenoxy) is 3. The fourth-order valence-electron chi connectivity index (χ4n) is 2.55. The van der Waals surface area contributed by atoms with E-state index in [0.29, 0.717) is 23.5 Å². The molecule has 0 heterocycles. The van der Waals surface area contributed by atoms with E-state index in [1.165, 1.54) is 12.1 Å². The van der Waals surface area contributed by atoms with Gasteiger partial charge in [0, 0.05) is 11.6 Å². The van der Waals surface area contributed by atoms with Crippen LogP contribution in [-0.2, 0) is 16.1 Å². The summed E-state index contributed by atoms with van der Waals surface area (Å²) in [5.74, 6) is 0.532. The second-order valence-corrected chi connectivity index (χ2v) is 6.23. The summed E-state index contributed by atoms with van der Waals surface area (Å²) in [6.45, 7) is 4.04. The summed E-state index contributed by atoms with van der Waals surface area (Å²) in [6.07, 6.45) is 0. The van der Waals surface area contributed by atoms with Crippen molar-refractivity contribution in [3.05, 3.63) is 58.4 Å². The Morgan fingerprint density at radius 3 is 2.52 bits per heavy atom. The summed E-state index contributed by atoms with van der Waals surface area (Å²) in [6, 6.07) is 9.43. The van der Waals surface area contributed by atoms with E-state index in [-0.39, 0.29) is 30.2 Å². The molecule has 1 N–H and O–H groups in total. The highest BCUT2D eigenvalue weighted by atomic mass is 35.5. The Morgan fingerprint density at radius 2 is 1.89 bits per heavy atom. The first-order chi connectivity index (χ1) is 12.9. The monoisotopic (exact) mass is 395 g/mol. The van der Waals surface area contributed by atoms with Crippen LogP contribution in [-0.4, -0.2) is 26.2 Å². The van der Waals surface area contributed by atoms with Gasteiger partial charge in [-0.1, -0.05) is 11.6 Å². The number of hydrogen-bond donors (Lipinski definition) is 1. The molecule has 0 aliphatic heterocycles. The largest absolute Gasteiger partial charge is 0.497 e. The van der Waals surface area contributed by atoms with Crippen molar-refractivity contribution in [2.45, 2.75) is 26.5 Å². The van der Waals surface area contributed by atoms with Gasteiger partial charge in [0.25, 0.3) is 0 Å². The minimum absolute atomic E-state index is 0.0158. The Bertz CT molecular complexity index is 767. The quantitative estimate of drug-likeness (QED) is 0.642. The molecule has 2 aromatic rings. The SMILES string of the molecule is CCOC(=O)CN[C@@H](C)c1cc(F)cc(Cl)c1COc1ccc(OC)cc1. The van der Waals surface area contributed by atoms with Gasteiger partial charge in [-0.25, -0.2) is 4.39 Å². The molecule has 0 saturated carbocycles. The van der Waals surface area contributed by atoms with Crippen molar-refractivity contribution in [3.63, 3.8) is 0 Å². The van der Waals surface area contributed by atoms with Crippen LogP contribution in [0.15, 0.2) is 36.4 Å². The number of carbonyl (C=O) groups is 1. The highest BCUT2D eigenvalue weighted by Gasteiger charge is 2.17. The lowest BCUT2D eigenvalue weighted by molar-refractivity contribution is -0.142. The predicted octanol–water partition coefficient (Wildman–Crippen LogP) is 4.28. The molecule has 0 aliphatic rings. The zero-order valence-corrected chi connectivity index (χ0v) is 16.3. The number of hydrogen-bond acceptors (Lipinski definition) is 5. The normalized spacial score (nSPS) is 11.7. The lowest BCUT2D eigenvalue weighted by Gasteiger charge is -2.19. The summed E-state index contributed by atoms with van der Waals surface area (Å²) in [4.78, 5) is 11.5. The number of esters is 1. The molecule has 146 valence electrons. The van der Waals surface area contributed by atoms with Crippen LogP contribution in [0.25, 0.3) is 0 Å². The number of methoxy groups -OCH3 is 1. The molecular formula is C20H23ClFNO4. The molecule has 2 aromatic carbocycles. The van der Waals surface area contributed by atoms with Crippen molar-refractivity contribution in [1.82, 2.24) is 5.32 Å². The van der Waals surface area contributed by atoms with E-state index in [0.717, 1.165) is 5.75 Å². The van der Waals surface area contributed by atoms with Crippen molar-refractivity contribution < 1.29 is 23.4 Å². The van der Waals surface area contributed by atoms with Crippen LogP contribution < -0.4 is 14.8 Å². The van der Waals surface area contributed by atoms with Crippen LogP contribution in [0.1, 0.15) is 31.0 Å². The molecule has 0 radical (unpaired) electrons. The molecule has 27 heavy (non-hydrogen) atoms. The highest BCUT2D eigenvalue weighted by Crippen LogP contribution is 2.28. The summed E-state index contributed by atoms with van der Waals surface area (Å²) in [5, 5.41) is 3.29. The van der Waals surface area contributed by atoms with Crippen molar-refractivity contribution in [2.24, 2.45) is 0 Å². The minimum Gasteiger partial charge on any atom is -0.497 e. The Balaban J connectivity index is 2.13. The zero-order valence-electron chi connectivity index (χ0n) is 15.6. The smallest absolute Gasteiger partial charge is 0.319 e. The van der Waals surface area contributed by atoms with E-state index in [2.05, 4.69) is 5.32 Å². The lowest BCUT2D eigenvalue weighted by Crippen LogP contribution is -2.28. The van der Waals surface area contributed by atoms with Crippen molar-refractivity contribution in [1.29, 1.82) is 0 Å². The molecule has 5 nitrogen and oxygen atoms in total. The van der Waals surface area contributed by atoms with Crippen LogP contribution in [0.5, 0.6) is 11.5 Å². The molecule has 7 heteroatoms. The molecule has 1 atom stereocenters. The third kappa shape index (κ3) is 6.12. The number of nitrogens with one attached hydrogen (secondary N) is 1. The van der Waals surface area contributed by atoms with E-state index >= 15 is 0 Å². The Labute approximate surface area is 163 Å². The maximum atomic E-state index is 13.9. The molecular weight excluding hydrogens is 373 g/mol. The molecule has 0 unspecified atom stereocenters. The van der Waals surface area contributed by atoms with Gasteiger partial charge >= 0.3 is 5.97 Å². The first-order valence-electron chi connectivity index (χ1n) is 8.58. The van der Waals surface area contributed by atoms with Gasteiger partial charge in [0.1, 0.15) is 23.9 Å². The molecule has 0 saturated heterocycles. The number of benzene rings is 2. The van der Waals surface area contributed by atoms with E-state index in [4.69, 9.17) is 25.8 Å². The second-order valence-electron chi connectivity index (χ2n) is 5.83. The molecule has 0 spiro atoms. The zero-order chi connectivity index (χ0) is 19.8. The standard InChI is InChI=1S/C20H23ClFNO4/c1-4-26-20(24)11-23-13(2)17-9-14(22)10-19(21)18(17)12-27-16-7-5-15(25-3)6-8-16/h5-10,13,23H,4,11-12H2,1-3H3/t13-/m0/s1. The molecule has 0 aromatic heterocycles. The van der Waals surface area contributed by atoms with Crippen LogP contribution in [0.3, 0.4) is 0 Å². The highest BCUT2D eigenvalue weighted by molar-refractivity contribution is 6.31. The summed E-state index contributed by atoms with van der Waals surface area (Å²) in [7, 11) is 1.59. The molecule has 2 rings (SSSR count). The van der Waals surface area contributed by atoms with Crippen molar-refractivity contribution in [3.8, 4) is 11.5 Å². The maximum absolute atomic E-state index is 13.9. The third-order valence-corrected chi connectivity index (χ3v) is 4.30. The molecule has 0 bridgehead atoms. The van der Waals surface area contributed by atoms with E-state index in [1.807, 2.05) is 6.92 Å². The van der Waals surface area contributed by atoms with Gasteiger partial charge in [0.2, 0.25) is 0 Å². The third-order valence-electron chi connectivity index (χ3n) is 3.96. The van der Waals surface area contributed by atoms with Gasteiger partial charge in [0.05, 0.1) is 25.3 Å². The number of halogens is 2. The second kappa shape index (κ2) is 10.1. The topological polar surface area (TPSA) is 56.8 Å². The fourth-order valence-corrected chi connectivity index (χ4v) is 2.82. The number of rotatable bonds is 9. The predicted molar refractivity (Wildman–Crippen MR) is 102 cm³/mol. The summed E-state index contributed by atoms with van der Waals surface area (Å²) < 4.78 is 29.7. The van der Waals surface area contributed by atoms with Crippen LogP contribution in [0.2, 0.25) is 5.02 Å². The average molecular weight is 396 g/mol. The van der Waals surface area contributed by atoms with Crippen molar-refractivity contribution >= 4 is 17.6 Å². The van der Waals surface area contributed by atoms with Gasteiger partial charge in [-0.15, -0.1) is 0 Å².